The first-order valence-corrected chi connectivity index (χ1v) is 17.4. The minimum Gasteiger partial charge on any atom is -0.372 e. The number of thiophene rings is 1. The van der Waals surface area contributed by atoms with E-state index in [2.05, 4.69) is 41.5 Å². The highest BCUT2D eigenvalue weighted by Gasteiger charge is 2.30. The molecule has 46 heavy (non-hydrogen) atoms. The fraction of sp³-hybridized carbons (Fsp3) is 0.278. The van der Waals surface area contributed by atoms with Crippen LogP contribution in [0.5, 0.6) is 0 Å². The topological polar surface area (TPSA) is 90.5 Å². The number of fused-ring (bicyclic) bond motifs is 5. The van der Waals surface area contributed by atoms with E-state index in [0.717, 1.165) is 32.0 Å². The Bertz CT molecular complexity index is 2000. The quantitative estimate of drug-likeness (QED) is 0.172. The third-order valence-corrected chi connectivity index (χ3v) is 10.7. The largest absolute Gasteiger partial charge is 0.372 e. The molecule has 234 valence electrons. The summed E-state index contributed by atoms with van der Waals surface area (Å²) < 4.78 is 9.91. The first kappa shape index (κ1) is 30.4. The van der Waals surface area contributed by atoms with Gasteiger partial charge in [0.2, 0.25) is 11.7 Å². The SMILES string of the molecule is CC(C)[C@@H]1Cc2c(sc3c2c(=O)n(CCc2ccccc2)c2nnc(SCC(=O)NC(c4ccccc4)c4ccccc4)n32)CO1. The van der Waals surface area contributed by atoms with Crippen LogP contribution < -0.4 is 10.9 Å². The number of carbonyl (C=O) groups excluding carboxylic acids is 1. The molecule has 1 N–H and O–H groups in total. The van der Waals surface area contributed by atoms with Gasteiger partial charge in [0.15, 0.2) is 5.16 Å². The number of aryl methyl sites for hydroxylation is 2. The highest BCUT2D eigenvalue weighted by molar-refractivity contribution is 7.99. The van der Waals surface area contributed by atoms with Crippen molar-refractivity contribution < 1.29 is 9.53 Å². The van der Waals surface area contributed by atoms with Crippen LogP contribution in [0.4, 0.5) is 0 Å². The maximum atomic E-state index is 14.2. The molecule has 3 aromatic heterocycles. The summed E-state index contributed by atoms with van der Waals surface area (Å²) in [7, 11) is 0. The van der Waals surface area contributed by atoms with E-state index < -0.39 is 0 Å². The lowest BCUT2D eigenvalue weighted by Crippen LogP contribution is -2.30. The number of nitrogens with zero attached hydrogens (tertiary/aromatic N) is 4. The normalized spacial score (nSPS) is 14.7. The molecule has 0 saturated carbocycles. The first-order chi connectivity index (χ1) is 22.5. The summed E-state index contributed by atoms with van der Waals surface area (Å²) >= 11 is 2.90. The molecule has 7 rings (SSSR count). The minimum absolute atomic E-state index is 0.0457. The van der Waals surface area contributed by atoms with E-state index in [1.54, 1.807) is 15.9 Å². The van der Waals surface area contributed by atoms with Crippen LogP contribution in [-0.4, -0.2) is 36.9 Å². The molecule has 1 amide bonds. The summed E-state index contributed by atoms with van der Waals surface area (Å²) in [6.45, 7) is 5.26. The Morgan fingerprint density at radius 2 is 1.63 bits per heavy atom. The van der Waals surface area contributed by atoms with Gasteiger partial charge < -0.3 is 10.1 Å². The zero-order valence-corrected chi connectivity index (χ0v) is 27.4. The standard InChI is InChI=1S/C36H35N5O3S2/c1-23(2)28-20-27-29(21-44-28)46-34-31(27)33(43)40(19-18-24-12-6-3-7-13-24)35-38-39-36(41(34)35)45-22-30(42)37-32(25-14-8-4-9-15-25)26-16-10-5-11-17-26/h3-17,23,28,32H,18-22H2,1-2H3,(H,37,42)/t28-/m0/s1. The maximum absolute atomic E-state index is 14.2. The molecule has 4 heterocycles. The van der Waals surface area contributed by atoms with Crippen LogP contribution in [0.2, 0.25) is 0 Å². The summed E-state index contributed by atoms with van der Waals surface area (Å²) in [4.78, 5) is 29.6. The van der Waals surface area contributed by atoms with Gasteiger partial charge in [-0.05, 0) is 34.6 Å². The Balaban J connectivity index is 1.23. The Morgan fingerprint density at radius 1 is 0.978 bits per heavy atom. The predicted octanol–water partition coefficient (Wildman–Crippen LogP) is 6.44. The van der Waals surface area contributed by atoms with Gasteiger partial charge >= 0.3 is 0 Å². The molecule has 0 spiro atoms. The number of ether oxygens (including phenoxy) is 1. The monoisotopic (exact) mass is 649 g/mol. The van der Waals surface area contributed by atoms with Gasteiger partial charge in [-0.1, -0.05) is 117 Å². The molecule has 0 bridgehead atoms. The molecule has 10 heteroatoms. The van der Waals surface area contributed by atoms with Gasteiger partial charge in [0, 0.05) is 17.8 Å². The number of aromatic nitrogens is 4. The molecule has 1 atom stereocenters. The number of hydrogen-bond acceptors (Lipinski definition) is 7. The average Bonchev–Trinajstić information content (AvgIpc) is 3.69. The van der Waals surface area contributed by atoms with Crippen molar-refractivity contribution in [2.75, 3.05) is 5.75 Å². The number of nitrogens with one attached hydrogen (secondary N) is 1. The summed E-state index contributed by atoms with van der Waals surface area (Å²) in [6.07, 6.45) is 1.43. The lowest BCUT2D eigenvalue weighted by atomic mass is 9.96. The van der Waals surface area contributed by atoms with E-state index in [4.69, 9.17) is 4.74 Å². The fourth-order valence-corrected chi connectivity index (χ4v) is 8.13. The second-order valence-corrected chi connectivity index (χ2v) is 13.9. The number of hydrogen-bond donors (Lipinski definition) is 1. The van der Waals surface area contributed by atoms with Gasteiger partial charge in [0.05, 0.1) is 29.9 Å². The van der Waals surface area contributed by atoms with Crippen molar-refractivity contribution in [3.05, 3.63) is 128 Å². The van der Waals surface area contributed by atoms with Gasteiger partial charge in [-0.2, -0.15) is 0 Å². The molecule has 0 aliphatic carbocycles. The van der Waals surface area contributed by atoms with Crippen LogP contribution in [-0.2, 0) is 35.5 Å². The van der Waals surface area contributed by atoms with Crippen molar-refractivity contribution in [3.63, 3.8) is 0 Å². The molecular formula is C36H35N5O3S2. The molecule has 1 aliphatic heterocycles. The second kappa shape index (κ2) is 13.2. The van der Waals surface area contributed by atoms with Crippen LogP contribution in [0.15, 0.2) is 101 Å². The number of rotatable bonds is 10. The van der Waals surface area contributed by atoms with E-state index >= 15 is 0 Å². The van der Waals surface area contributed by atoms with Crippen molar-refractivity contribution >= 4 is 45.0 Å². The summed E-state index contributed by atoms with van der Waals surface area (Å²) in [5.74, 6) is 0.849. The van der Waals surface area contributed by atoms with E-state index in [0.29, 0.717) is 48.2 Å². The van der Waals surface area contributed by atoms with Crippen LogP contribution in [0.1, 0.15) is 47.0 Å². The van der Waals surface area contributed by atoms with E-state index in [-0.39, 0.29) is 29.4 Å². The summed E-state index contributed by atoms with van der Waals surface area (Å²) in [5, 5.41) is 13.6. The van der Waals surface area contributed by atoms with Crippen LogP contribution >= 0.6 is 23.1 Å². The lowest BCUT2D eigenvalue weighted by molar-refractivity contribution is -0.119. The van der Waals surface area contributed by atoms with Gasteiger partial charge in [0.1, 0.15) is 4.83 Å². The molecule has 3 aromatic carbocycles. The Morgan fingerprint density at radius 3 is 2.28 bits per heavy atom. The van der Waals surface area contributed by atoms with Crippen molar-refractivity contribution in [1.29, 1.82) is 0 Å². The molecule has 1 aliphatic rings. The van der Waals surface area contributed by atoms with Crippen LogP contribution in [0, 0.1) is 5.92 Å². The van der Waals surface area contributed by atoms with E-state index in [9.17, 15) is 9.59 Å². The van der Waals surface area contributed by atoms with Gasteiger partial charge in [-0.3, -0.25) is 14.2 Å². The van der Waals surface area contributed by atoms with Gasteiger partial charge in [0.25, 0.3) is 5.56 Å². The maximum Gasteiger partial charge on any atom is 0.263 e. The number of carbonyl (C=O) groups is 1. The minimum atomic E-state index is -0.279. The molecule has 0 unspecified atom stereocenters. The Hall–Kier alpha value is -4.25. The molecule has 0 fully saturated rings. The molecule has 0 radical (unpaired) electrons. The van der Waals surface area contributed by atoms with Gasteiger partial charge in [-0.25, -0.2) is 4.40 Å². The Kier molecular flexibility index (Phi) is 8.75. The van der Waals surface area contributed by atoms with Crippen LogP contribution in [0.25, 0.3) is 16.0 Å². The third-order valence-electron chi connectivity index (χ3n) is 8.54. The van der Waals surface area contributed by atoms with E-state index in [1.165, 1.54) is 11.8 Å². The summed E-state index contributed by atoms with van der Waals surface area (Å²) in [6, 6.07) is 29.8. The summed E-state index contributed by atoms with van der Waals surface area (Å²) in [5.41, 5.74) is 4.19. The van der Waals surface area contributed by atoms with Gasteiger partial charge in [-0.15, -0.1) is 21.5 Å². The smallest absolute Gasteiger partial charge is 0.263 e. The zero-order chi connectivity index (χ0) is 31.6. The molecular weight excluding hydrogens is 615 g/mol. The number of amides is 1. The van der Waals surface area contributed by atoms with Crippen molar-refractivity contribution in [2.24, 2.45) is 5.92 Å². The average molecular weight is 650 g/mol. The number of benzene rings is 3. The predicted molar refractivity (Wildman–Crippen MR) is 183 cm³/mol. The van der Waals surface area contributed by atoms with Crippen molar-refractivity contribution in [3.8, 4) is 0 Å². The highest BCUT2D eigenvalue weighted by atomic mass is 32.2. The second-order valence-electron chi connectivity index (χ2n) is 11.9. The first-order valence-electron chi connectivity index (χ1n) is 15.6. The molecule has 0 saturated heterocycles. The van der Waals surface area contributed by atoms with Crippen LogP contribution in [0.3, 0.4) is 0 Å². The zero-order valence-electron chi connectivity index (χ0n) is 25.8. The lowest BCUT2D eigenvalue weighted by Gasteiger charge is -2.26. The van der Waals surface area contributed by atoms with E-state index in [1.807, 2.05) is 83.3 Å². The molecule has 8 nitrogen and oxygen atoms in total. The highest BCUT2D eigenvalue weighted by Crippen LogP contribution is 2.37. The number of thioether (sulfide) groups is 1. The van der Waals surface area contributed by atoms with Crippen molar-refractivity contribution in [1.82, 2.24) is 24.5 Å². The third kappa shape index (κ3) is 6.00. The fourth-order valence-electron chi connectivity index (χ4n) is 6.08. The molecule has 6 aromatic rings. The Labute approximate surface area is 275 Å². The van der Waals surface area contributed by atoms with Crippen molar-refractivity contribution in [2.45, 2.75) is 57.1 Å².